The van der Waals surface area contributed by atoms with Gasteiger partial charge in [0.25, 0.3) is 0 Å². The summed E-state index contributed by atoms with van der Waals surface area (Å²) < 4.78 is 2.18. The predicted molar refractivity (Wildman–Crippen MR) is 77.2 cm³/mol. The molecule has 0 spiro atoms. The highest BCUT2D eigenvalue weighted by atomic mass is 16.3. The molecule has 112 valence electrons. The molecule has 1 aromatic heterocycles. The minimum absolute atomic E-state index is 0.386. The van der Waals surface area contributed by atoms with Gasteiger partial charge in [0.2, 0.25) is 0 Å². The van der Waals surface area contributed by atoms with E-state index in [1.807, 2.05) is 6.92 Å². The van der Waals surface area contributed by atoms with Crippen molar-refractivity contribution < 1.29 is 5.11 Å². The summed E-state index contributed by atoms with van der Waals surface area (Å²) in [6.45, 7) is 7.91. The SMILES string of the molecule is CCn1c(C)nnc1CN1CCC2(O)CCCCC2C1. The Labute approximate surface area is 121 Å². The van der Waals surface area contributed by atoms with Gasteiger partial charge in [0.15, 0.2) is 0 Å². The van der Waals surface area contributed by atoms with Crippen molar-refractivity contribution in [2.24, 2.45) is 5.92 Å². The van der Waals surface area contributed by atoms with E-state index in [9.17, 15) is 5.11 Å². The molecule has 5 heteroatoms. The molecule has 2 atom stereocenters. The Morgan fingerprint density at radius 3 is 2.95 bits per heavy atom. The summed E-state index contributed by atoms with van der Waals surface area (Å²) in [6.07, 6.45) is 5.54. The standard InChI is InChI=1S/C15H26N4O/c1-3-19-12(2)16-17-14(19)11-18-9-8-15(20)7-5-4-6-13(15)10-18/h13,20H,3-11H2,1-2H3. The summed E-state index contributed by atoms with van der Waals surface area (Å²) in [6, 6.07) is 0. The van der Waals surface area contributed by atoms with Gasteiger partial charge in [0.05, 0.1) is 12.1 Å². The Morgan fingerprint density at radius 1 is 1.30 bits per heavy atom. The maximum atomic E-state index is 10.7. The molecular weight excluding hydrogens is 252 g/mol. The van der Waals surface area contributed by atoms with Crippen molar-refractivity contribution in [3.63, 3.8) is 0 Å². The first-order valence-electron chi connectivity index (χ1n) is 7.96. The molecule has 1 aliphatic heterocycles. The fraction of sp³-hybridized carbons (Fsp3) is 0.867. The molecule has 0 radical (unpaired) electrons. The number of fused-ring (bicyclic) bond motifs is 1. The van der Waals surface area contributed by atoms with Crippen molar-refractivity contribution >= 4 is 0 Å². The lowest BCUT2D eigenvalue weighted by atomic mass is 9.71. The van der Waals surface area contributed by atoms with E-state index in [-0.39, 0.29) is 5.60 Å². The van der Waals surface area contributed by atoms with E-state index in [1.54, 1.807) is 0 Å². The zero-order valence-corrected chi connectivity index (χ0v) is 12.7. The van der Waals surface area contributed by atoms with E-state index in [4.69, 9.17) is 0 Å². The van der Waals surface area contributed by atoms with Gasteiger partial charge in [-0.2, -0.15) is 0 Å². The minimum Gasteiger partial charge on any atom is -0.390 e. The molecule has 1 aliphatic carbocycles. The second-order valence-corrected chi connectivity index (χ2v) is 6.44. The third-order valence-electron chi connectivity index (χ3n) is 5.21. The van der Waals surface area contributed by atoms with Crippen LogP contribution in [0.3, 0.4) is 0 Å². The molecule has 0 aromatic carbocycles. The van der Waals surface area contributed by atoms with Crippen LogP contribution in [0.4, 0.5) is 0 Å². The number of aryl methyl sites for hydroxylation is 1. The highest BCUT2D eigenvalue weighted by molar-refractivity contribution is 4.99. The first-order valence-corrected chi connectivity index (χ1v) is 7.96. The summed E-state index contributed by atoms with van der Waals surface area (Å²) in [5, 5.41) is 19.2. The number of likely N-dealkylation sites (tertiary alicyclic amines) is 1. The summed E-state index contributed by atoms with van der Waals surface area (Å²) in [5.74, 6) is 2.50. The largest absolute Gasteiger partial charge is 0.390 e. The normalized spacial score (nSPS) is 31.2. The number of nitrogens with zero attached hydrogens (tertiary/aromatic N) is 4. The van der Waals surface area contributed by atoms with Crippen molar-refractivity contribution in [2.45, 2.75) is 64.6 Å². The van der Waals surface area contributed by atoms with Gasteiger partial charge < -0.3 is 9.67 Å². The van der Waals surface area contributed by atoms with Gasteiger partial charge in [-0.05, 0) is 33.1 Å². The molecule has 3 rings (SSSR count). The average molecular weight is 278 g/mol. The third-order valence-corrected chi connectivity index (χ3v) is 5.21. The molecule has 1 N–H and O–H groups in total. The van der Waals surface area contributed by atoms with Crippen molar-refractivity contribution in [3.8, 4) is 0 Å². The fourth-order valence-corrected chi connectivity index (χ4v) is 3.94. The molecule has 2 fully saturated rings. The first-order chi connectivity index (χ1) is 9.62. The molecule has 0 bridgehead atoms. The summed E-state index contributed by atoms with van der Waals surface area (Å²) >= 11 is 0. The van der Waals surface area contributed by atoms with Crippen LogP contribution in [0.1, 0.15) is 50.7 Å². The second kappa shape index (κ2) is 5.45. The highest BCUT2D eigenvalue weighted by Crippen LogP contribution is 2.39. The molecule has 2 unspecified atom stereocenters. The Kier molecular flexibility index (Phi) is 3.82. The van der Waals surface area contributed by atoms with Gasteiger partial charge in [-0.25, -0.2) is 0 Å². The topological polar surface area (TPSA) is 54.2 Å². The highest BCUT2D eigenvalue weighted by Gasteiger charge is 2.42. The zero-order valence-electron chi connectivity index (χ0n) is 12.7. The van der Waals surface area contributed by atoms with Crippen molar-refractivity contribution in [2.75, 3.05) is 13.1 Å². The van der Waals surface area contributed by atoms with E-state index in [0.717, 1.165) is 50.7 Å². The quantitative estimate of drug-likeness (QED) is 0.915. The number of piperidine rings is 1. The van der Waals surface area contributed by atoms with E-state index in [0.29, 0.717) is 5.92 Å². The third kappa shape index (κ3) is 2.49. The van der Waals surface area contributed by atoms with E-state index in [2.05, 4.69) is 26.6 Å². The summed E-state index contributed by atoms with van der Waals surface area (Å²) in [7, 11) is 0. The lowest BCUT2D eigenvalue weighted by molar-refractivity contribution is -0.0972. The van der Waals surface area contributed by atoms with Crippen LogP contribution in [0, 0.1) is 12.8 Å². The van der Waals surface area contributed by atoms with Crippen LogP contribution in [-0.4, -0.2) is 43.5 Å². The zero-order chi connectivity index (χ0) is 14.2. The Morgan fingerprint density at radius 2 is 2.15 bits per heavy atom. The molecule has 0 amide bonds. The maximum absolute atomic E-state index is 10.7. The van der Waals surface area contributed by atoms with Gasteiger partial charge in [-0.15, -0.1) is 10.2 Å². The van der Waals surface area contributed by atoms with Crippen LogP contribution in [-0.2, 0) is 13.1 Å². The Bertz CT molecular complexity index is 472. The number of aromatic nitrogens is 3. The van der Waals surface area contributed by atoms with Crippen LogP contribution in [0.25, 0.3) is 0 Å². The molecular formula is C15H26N4O. The van der Waals surface area contributed by atoms with Crippen molar-refractivity contribution in [3.05, 3.63) is 11.6 Å². The number of rotatable bonds is 3. The van der Waals surface area contributed by atoms with Crippen LogP contribution in [0.15, 0.2) is 0 Å². The molecule has 5 nitrogen and oxygen atoms in total. The van der Waals surface area contributed by atoms with Gasteiger partial charge in [-0.1, -0.05) is 12.8 Å². The number of hydrogen-bond donors (Lipinski definition) is 1. The van der Waals surface area contributed by atoms with Crippen LogP contribution >= 0.6 is 0 Å². The van der Waals surface area contributed by atoms with Crippen LogP contribution in [0.5, 0.6) is 0 Å². The molecule has 1 aromatic rings. The molecule has 2 aliphatic rings. The van der Waals surface area contributed by atoms with Gasteiger partial charge in [-0.3, -0.25) is 4.90 Å². The lowest BCUT2D eigenvalue weighted by Crippen LogP contribution is -2.53. The monoisotopic (exact) mass is 278 g/mol. The van der Waals surface area contributed by atoms with Gasteiger partial charge in [0.1, 0.15) is 11.6 Å². The summed E-state index contributed by atoms with van der Waals surface area (Å²) in [5.41, 5.74) is -0.386. The predicted octanol–water partition coefficient (Wildman–Crippen LogP) is 1.73. The molecule has 1 saturated heterocycles. The maximum Gasteiger partial charge on any atom is 0.147 e. The van der Waals surface area contributed by atoms with Crippen molar-refractivity contribution in [1.29, 1.82) is 0 Å². The number of aliphatic hydroxyl groups is 1. The van der Waals surface area contributed by atoms with Gasteiger partial charge >= 0.3 is 0 Å². The van der Waals surface area contributed by atoms with Crippen LogP contribution < -0.4 is 0 Å². The Balaban J connectivity index is 1.67. The smallest absolute Gasteiger partial charge is 0.147 e. The second-order valence-electron chi connectivity index (χ2n) is 6.44. The molecule has 2 heterocycles. The van der Waals surface area contributed by atoms with Crippen LogP contribution in [0.2, 0.25) is 0 Å². The molecule has 20 heavy (non-hydrogen) atoms. The Hall–Kier alpha value is -0.940. The van der Waals surface area contributed by atoms with E-state index < -0.39 is 0 Å². The summed E-state index contributed by atoms with van der Waals surface area (Å²) in [4.78, 5) is 2.44. The first kappa shape index (κ1) is 14.0. The average Bonchev–Trinajstić information content (AvgIpc) is 2.79. The number of hydrogen-bond acceptors (Lipinski definition) is 4. The van der Waals surface area contributed by atoms with E-state index >= 15 is 0 Å². The fourth-order valence-electron chi connectivity index (χ4n) is 3.94. The molecule has 1 saturated carbocycles. The van der Waals surface area contributed by atoms with Gasteiger partial charge in [0, 0.05) is 25.6 Å². The van der Waals surface area contributed by atoms with Crippen molar-refractivity contribution in [1.82, 2.24) is 19.7 Å². The van der Waals surface area contributed by atoms with E-state index in [1.165, 1.54) is 19.3 Å². The minimum atomic E-state index is -0.386. The lowest BCUT2D eigenvalue weighted by Gasteiger charge is -2.47.